The first kappa shape index (κ1) is 20.9. The highest BCUT2D eigenvalue weighted by atomic mass is 35.5. The van der Waals surface area contributed by atoms with E-state index in [0.717, 1.165) is 31.9 Å². The molecular formula is C18H21ClN4O3S. The number of benzene rings is 1. The number of rotatable bonds is 8. The second-order valence-electron chi connectivity index (χ2n) is 5.89. The van der Waals surface area contributed by atoms with Crippen LogP contribution in [0.15, 0.2) is 34.2 Å². The second kappa shape index (κ2) is 10.0. The Morgan fingerprint density at radius 1 is 1.37 bits per heavy atom. The fourth-order valence-electron chi connectivity index (χ4n) is 2.46. The van der Waals surface area contributed by atoms with Gasteiger partial charge in [-0.2, -0.15) is 5.10 Å². The minimum atomic E-state index is -0.585. The molecule has 144 valence electrons. The van der Waals surface area contributed by atoms with Gasteiger partial charge in [0.15, 0.2) is 4.77 Å². The molecule has 2 aromatic rings. The number of aromatic hydroxyl groups is 1. The third-order valence-electron chi connectivity index (χ3n) is 3.92. The maximum absolute atomic E-state index is 12.1. The van der Waals surface area contributed by atoms with E-state index in [0.29, 0.717) is 6.54 Å². The number of aromatic nitrogens is 2. The Morgan fingerprint density at radius 2 is 2.11 bits per heavy atom. The summed E-state index contributed by atoms with van der Waals surface area (Å²) in [5.74, 6) is -0.809. The number of halogens is 1. The third-order valence-corrected chi connectivity index (χ3v) is 4.57. The molecule has 0 unspecified atom stereocenters. The zero-order chi connectivity index (χ0) is 19.8. The zero-order valence-corrected chi connectivity index (χ0v) is 16.4. The fraction of sp³-hybridized carbons (Fsp3) is 0.333. The van der Waals surface area contributed by atoms with E-state index in [1.807, 2.05) is 0 Å². The highest BCUT2D eigenvalue weighted by molar-refractivity contribution is 7.71. The average molecular weight is 409 g/mol. The molecule has 0 fully saturated rings. The lowest BCUT2D eigenvalue weighted by molar-refractivity contribution is 0.0955. The first-order chi connectivity index (χ1) is 13.0. The van der Waals surface area contributed by atoms with E-state index in [9.17, 15) is 14.7 Å². The number of nitrogens with zero attached hydrogens (tertiary/aromatic N) is 2. The molecule has 1 aromatic carbocycles. The topological polar surface area (TPSA) is 99.5 Å². The second-order valence-corrected chi connectivity index (χ2v) is 6.68. The predicted molar refractivity (Wildman–Crippen MR) is 108 cm³/mol. The molecule has 0 spiro atoms. The smallest absolute Gasteiger partial charge is 0.272 e. The molecule has 0 saturated heterocycles. The average Bonchev–Trinajstić information content (AvgIpc) is 2.63. The molecule has 1 amide bonds. The quantitative estimate of drug-likeness (QED) is 0.269. The van der Waals surface area contributed by atoms with E-state index in [2.05, 4.69) is 22.4 Å². The van der Waals surface area contributed by atoms with E-state index in [1.165, 1.54) is 4.57 Å². The summed E-state index contributed by atoms with van der Waals surface area (Å²) < 4.78 is 1.59. The molecule has 0 aliphatic carbocycles. The Bertz CT molecular complexity index is 952. The fourth-order valence-corrected chi connectivity index (χ4v) is 2.95. The molecule has 3 N–H and O–H groups in total. The van der Waals surface area contributed by atoms with Crippen LogP contribution in [0.5, 0.6) is 5.88 Å². The highest BCUT2D eigenvalue weighted by Gasteiger charge is 2.12. The van der Waals surface area contributed by atoms with Gasteiger partial charge in [-0.1, -0.05) is 49.9 Å². The summed E-state index contributed by atoms with van der Waals surface area (Å²) in [5.41, 5.74) is 1.86. The molecule has 9 heteroatoms. The Hall–Kier alpha value is -2.45. The van der Waals surface area contributed by atoms with Gasteiger partial charge >= 0.3 is 0 Å². The lowest BCUT2D eigenvalue weighted by atomic mass is 10.2. The Labute approximate surface area is 166 Å². The van der Waals surface area contributed by atoms with Gasteiger partial charge in [0.2, 0.25) is 5.88 Å². The molecule has 1 aromatic heterocycles. The van der Waals surface area contributed by atoms with Gasteiger partial charge in [-0.05, 0) is 30.8 Å². The van der Waals surface area contributed by atoms with Gasteiger partial charge in [-0.25, -0.2) is 5.43 Å². The maximum Gasteiger partial charge on any atom is 0.272 e. The summed E-state index contributed by atoms with van der Waals surface area (Å²) >= 11 is 11.1. The van der Waals surface area contributed by atoms with Gasteiger partial charge < -0.3 is 5.11 Å². The number of hydrogen-bond donors (Lipinski definition) is 3. The van der Waals surface area contributed by atoms with Crippen molar-refractivity contribution in [3.8, 4) is 5.88 Å². The van der Waals surface area contributed by atoms with Crippen LogP contribution in [0.1, 0.15) is 48.5 Å². The van der Waals surface area contributed by atoms with Crippen molar-refractivity contribution in [1.82, 2.24) is 15.0 Å². The van der Waals surface area contributed by atoms with Crippen LogP contribution in [0.25, 0.3) is 0 Å². The number of aromatic amines is 1. The van der Waals surface area contributed by atoms with Gasteiger partial charge in [0.05, 0.1) is 16.8 Å². The molecule has 27 heavy (non-hydrogen) atoms. The van der Waals surface area contributed by atoms with Crippen LogP contribution in [0.4, 0.5) is 0 Å². The van der Waals surface area contributed by atoms with E-state index >= 15 is 0 Å². The van der Waals surface area contributed by atoms with Crippen molar-refractivity contribution >= 4 is 35.9 Å². The van der Waals surface area contributed by atoms with Crippen molar-refractivity contribution in [1.29, 1.82) is 0 Å². The van der Waals surface area contributed by atoms with E-state index in [-0.39, 0.29) is 26.8 Å². The number of carbonyl (C=O) groups excluding carboxylic acids is 1. The third kappa shape index (κ3) is 5.51. The minimum absolute atomic E-state index is 0.0847. The Kier molecular flexibility index (Phi) is 7.75. The molecule has 0 bridgehead atoms. The van der Waals surface area contributed by atoms with Crippen LogP contribution in [-0.4, -0.2) is 26.8 Å². The summed E-state index contributed by atoms with van der Waals surface area (Å²) in [6.07, 6.45) is 5.07. The normalized spacial score (nSPS) is 11.0. The van der Waals surface area contributed by atoms with Crippen molar-refractivity contribution in [3.63, 3.8) is 0 Å². The first-order valence-electron chi connectivity index (χ1n) is 8.59. The van der Waals surface area contributed by atoms with Crippen LogP contribution in [0.3, 0.4) is 0 Å². The molecular weight excluding hydrogens is 388 g/mol. The van der Waals surface area contributed by atoms with E-state index in [4.69, 9.17) is 23.8 Å². The number of H-pyrrole nitrogens is 1. The van der Waals surface area contributed by atoms with Gasteiger partial charge in [0, 0.05) is 6.54 Å². The van der Waals surface area contributed by atoms with E-state index in [1.54, 1.807) is 24.3 Å². The number of hydrogen-bond acceptors (Lipinski definition) is 5. The molecule has 0 aliphatic rings. The molecule has 2 rings (SSSR count). The van der Waals surface area contributed by atoms with Crippen LogP contribution < -0.4 is 11.0 Å². The lowest BCUT2D eigenvalue weighted by Gasteiger charge is -2.10. The maximum atomic E-state index is 12.1. The molecule has 0 saturated carbocycles. The monoisotopic (exact) mass is 408 g/mol. The summed E-state index contributed by atoms with van der Waals surface area (Å²) in [4.78, 5) is 26.6. The molecule has 0 atom stereocenters. The predicted octanol–water partition coefficient (Wildman–Crippen LogP) is 3.61. The number of unbranched alkanes of at least 4 members (excludes halogenated alkanes) is 3. The number of nitrogens with one attached hydrogen (secondary N) is 2. The number of amides is 1. The van der Waals surface area contributed by atoms with Crippen LogP contribution in [-0.2, 0) is 6.54 Å². The summed E-state index contributed by atoms with van der Waals surface area (Å²) in [6.45, 7) is 2.59. The van der Waals surface area contributed by atoms with Gasteiger partial charge in [0.1, 0.15) is 5.56 Å². The molecule has 0 aliphatic heterocycles. The van der Waals surface area contributed by atoms with Crippen molar-refractivity contribution in [2.75, 3.05) is 0 Å². The zero-order valence-electron chi connectivity index (χ0n) is 14.9. The van der Waals surface area contributed by atoms with Gasteiger partial charge in [0.25, 0.3) is 11.5 Å². The Balaban J connectivity index is 2.16. The number of hydrazone groups is 1. The SMILES string of the molecule is CCCCCCn1c(O)c(C=NNC(=O)c2ccccc2Cl)c(=O)[nH]c1=S. The lowest BCUT2D eigenvalue weighted by Crippen LogP contribution is -2.21. The van der Waals surface area contributed by atoms with Gasteiger partial charge in [-0.3, -0.25) is 19.1 Å². The van der Waals surface area contributed by atoms with Crippen molar-refractivity contribution in [3.05, 3.63) is 55.5 Å². The van der Waals surface area contributed by atoms with Crippen LogP contribution in [0.2, 0.25) is 5.02 Å². The van der Waals surface area contributed by atoms with Crippen molar-refractivity contribution < 1.29 is 9.90 Å². The first-order valence-corrected chi connectivity index (χ1v) is 9.38. The van der Waals surface area contributed by atoms with Crippen LogP contribution in [0, 0.1) is 4.77 Å². The van der Waals surface area contributed by atoms with Gasteiger partial charge in [-0.15, -0.1) is 0 Å². The summed E-state index contributed by atoms with van der Waals surface area (Å²) in [6, 6.07) is 6.51. The minimum Gasteiger partial charge on any atom is -0.494 e. The van der Waals surface area contributed by atoms with Crippen molar-refractivity contribution in [2.24, 2.45) is 5.10 Å². The summed E-state index contributed by atoms with van der Waals surface area (Å²) in [5, 5.41) is 14.4. The van der Waals surface area contributed by atoms with Crippen molar-refractivity contribution in [2.45, 2.75) is 39.2 Å². The standard InChI is InChI=1S/C18H21ClN4O3S/c1-2-3-4-7-10-23-17(26)13(15(24)21-18(23)27)11-20-22-16(25)12-8-5-6-9-14(12)19/h5-6,8-9,11,26H,2-4,7,10H2,1H3,(H,22,25)(H,21,24,27). The summed E-state index contributed by atoms with van der Waals surface area (Å²) in [7, 11) is 0. The highest BCUT2D eigenvalue weighted by Crippen LogP contribution is 2.15. The Morgan fingerprint density at radius 3 is 2.81 bits per heavy atom. The number of carbonyl (C=O) groups is 1. The largest absolute Gasteiger partial charge is 0.494 e. The molecule has 0 radical (unpaired) electrons. The molecule has 1 heterocycles. The van der Waals surface area contributed by atoms with E-state index < -0.39 is 11.5 Å². The molecule has 7 nitrogen and oxygen atoms in total. The van der Waals surface area contributed by atoms with Crippen LogP contribution >= 0.6 is 23.8 Å².